The lowest BCUT2D eigenvalue weighted by atomic mass is 10.1. The van der Waals surface area contributed by atoms with Crippen molar-refractivity contribution < 1.29 is 24.5 Å². The Morgan fingerprint density at radius 3 is 2.31 bits per heavy atom. The average Bonchev–Trinajstić information content (AvgIpc) is 2.19. The van der Waals surface area contributed by atoms with Gasteiger partial charge in [0.1, 0.15) is 5.75 Å². The maximum atomic E-state index is 10.8. The number of aliphatic carboxylic acids is 1. The molecule has 5 nitrogen and oxygen atoms in total. The summed E-state index contributed by atoms with van der Waals surface area (Å²) in [7, 11) is 0. The van der Waals surface area contributed by atoms with Gasteiger partial charge in [0, 0.05) is 13.3 Å². The molecule has 0 aliphatic carbocycles. The zero-order chi connectivity index (χ0) is 12.1. The molecule has 0 saturated carbocycles. The van der Waals surface area contributed by atoms with E-state index in [0.29, 0.717) is 5.56 Å². The first-order valence-electron chi connectivity index (χ1n) is 4.67. The first-order chi connectivity index (χ1) is 7.49. The number of esters is 1. The highest BCUT2D eigenvalue weighted by Gasteiger charge is 2.20. The van der Waals surface area contributed by atoms with Gasteiger partial charge in [0.05, 0.1) is 0 Å². The van der Waals surface area contributed by atoms with E-state index in [1.165, 1.54) is 12.1 Å². The zero-order valence-corrected chi connectivity index (χ0v) is 8.71. The Kier molecular flexibility index (Phi) is 3.88. The number of benzene rings is 1. The van der Waals surface area contributed by atoms with E-state index in [4.69, 9.17) is 10.2 Å². The maximum Gasteiger partial charge on any atom is 0.345 e. The van der Waals surface area contributed by atoms with E-state index in [1.54, 1.807) is 12.1 Å². The number of rotatable bonds is 4. The minimum absolute atomic E-state index is 0.0786. The van der Waals surface area contributed by atoms with Crippen LogP contribution in [0.4, 0.5) is 0 Å². The Labute approximate surface area is 92.3 Å². The van der Waals surface area contributed by atoms with Crippen molar-refractivity contribution in [1.82, 2.24) is 0 Å². The molecule has 0 saturated heterocycles. The Balaban J connectivity index is 2.71. The second-order valence-corrected chi connectivity index (χ2v) is 3.31. The minimum Gasteiger partial charge on any atom is -0.508 e. The molecule has 0 unspecified atom stereocenters. The molecular weight excluding hydrogens is 212 g/mol. The van der Waals surface area contributed by atoms with Crippen molar-refractivity contribution in [3.05, 3.63) is 29.8 Å². The van der Waals surface area contributed by atoms with Gasteiger partial charge in [0.15, 0.2) is 0 Å². The molecule has 0 radical (unpaired) electrons. The van der Waals surface area contributed by atoms with Crippen LogP contribution in [0.15, 0.2) is 24.3 Å². The van der Waals surface area contributed by atoms with E-state index in [-0.39, 0.29) is 12.2 Å². The van der Waals surface area contributed by atoms with Crippen LogP contribution in [0.5, 0.6) is 5.75 Å². The predicted octanol–water partition coefficient (Wildman–Crippen LogP) is 0.951. The molecule has 16 heavy (non-hydrogen) atoms. The summed E-state index contributed by atoms with van der Waals surface area (Å²) < 4.78 is 4.64. The van der Waals surface area contributed by atoms with Crippen LogP contribution in [0.1, 0.15) is 12.5 Å². The Morgan fingerprint density at radius 2 is 1.88 bits per heavy atom. The van der Waals surface area contributed by atoms with Gasteiger partial charge < -0.3 is 14.9 Å². The lowest BCUT2D eigenvalue weighted by Gasteiger charge is -2.12. The summed E-state index contributed by atoms with van der Waals surface area (Å²) in [4.78, 5) is 21.5. The third kappa shape index (κ3) is 3.61. The fraction of sp³-hybridized carbons (Fsp3) is 0.273. The molecule has 1 atom stereocenters. The summed E-state index contributed by atoms with van der Waals surface area (Å²) in [5, 5.41) is 17.9. The van der Waals surface area contributed by atoms with Gasteiger partial charge in [-0.2, -0.15) is 0 Å². The molecule has 0 fully saturated rings. The smallest absolute Gasteiger partial charge is 0.345 e. The number of carboxylic acid groups (broad SMARTS) is 1. The number of aromatic hydroxyl groups is 1. The number of carboxylic acids is 1. The van der Waals surface area contributed by atoms with Crippen LogP contribution in [0, 0.1) is 0 Å². The number of ether oxygens (including phenoxy) is 1. The van der Waals surface area contributed by atoms with Gasteiger partial charge in [-0.3, -0.25) is 4.79 Å². The molecule has 5 heteroatoms. The van der Waals surface area contributed by atoms with Crippen molar-refractivity contribution in [3.8, 4) is 5.75 Å². The molecule has 1 aromatic rings. The van der Waals surface area contributed by atoms with Crippen LogP contribution >= 0.6 is 0 Å². The van der Waals surface area contributed by atoms with Gasteiger partial charge in [-0.1, -0.05) is 12.1 Å². The summed E-state index contributed by atoms with van der Waals surface area (Å²) >= 11 is 0. The van der Waals surface area contributed by atoms with Crippen LogP contribution in [0.25, 0.3) is 0 Å². The second-order valence-electron chi connectivity index (χ2n) is 3.31. The fourth-order valence-corrected chi connectivity index (χ4v) is 1.23. The van der Waals surface area contributed by atoms with Gasteiger partial charge in [0.25, 0.3) is 0 Å². The van der Waals surface area contributed by atoms with Crippen molar-refractivity contribution in [2.24, 2.45) is 0 Å². The lowest BCUT2D eigenvalue weighted by Crippen LogP contribution is -2.28. The largest absolute Gasteiger partial charge is 0.508 e. The molecule has 0 aliphatic heterocycles. The van der Waals surface area contributed by atoms with Gasteiger partial charge in [-0.25, -0.2) is 4.79 Å². The number of hydrogen-bond donors (Lipinski definition) is 2. The number of phenols is 1. The van der Waals surface area contributed by atoms with E-state index in [2.05, 4.69) is 4.74 Å². The van der Waals surface area contributed by atoms with Gasteiger partial charge in [-0.05, 0) is 17.7 Å². The predicted molar refractivity (Wildman–Crippen MR) is 55.0 cm³/mol. The topological polar surface area (TPSA) is 83.8 Å². The fourth-order valence-electron chi connectivity index (χ4n) is 1.23. The standard InChI is InChI=1S/C11H12O5/c1-7(12)16-10(11(14)15)6-8-2-4-9(13)5-3-8/h2-5,10,13H,6H2,1H3,(H,14,15)/t10-/m0/s1. The molecule has 0 aliphatic rings. The van der Waals surface area contributed by atoms with Crippen molar-refractivity contribution >= 4 is 11.9 Å². The normalized spacial score (nSPS) is 11.8. The Morgan fingerprint density at radius 1 is 1.31 bits per heavy atom. The summed E-state index contributed by atoms with van der Waals surface area (Å²) in [5.74, 6) is -1.72. The van der Waals surface area contributed by atoms with Crippen LogP contribution in [0.3, 0.4) is 0 Å². The Bertz CT molecular complexity index is 382. The molecule has 0 spiro atoms. The third-order valence-electron chi connectivity index (χ3n) is 1.94. The van der Waals surface area contributed by atoms with Gasteiger partial charge >= 0.3 is 11.9 Å². The molecule has 1 rings (SSSR count). The first-order valence-corrected chi connectivity index (χ1v) is 4.67. The lowest BCUT2D eigenvalue weighted by molar-refractivity contribution is -0.162. The number of carbonyl (C=O) groups excluding carboxylic acids is 1. The first kappa shape index (κ1) is 12.0. The number of carbonyl (C=O) groups is 2. The summed E-state index contributed by atoms with van der Waals surface area (Å²) in [6.07, 6.45) is -1.11. The monoisotopic (exact) mass is 224 g/mol. The second kappa shape index (κ2) is 5.16. The molecule has 0 aromatic heterocycles. The third-order valence-corrected chi connectivity index (χ3v) is 1.94. The molecular formula is C11H12O5. The van der Waals surface area contributed by atoms with E-state index < -0.39 is 18.0 Å². The van der Waals surface area contributed by atoms with Crippen molar-refractivity contribution in [2.45, 2.75) is 19.4 Å². The highest BCUT2D eigenvalue weighted by atomic mass is 16.6. The zero-order valence-electron chi connectivity index (χ0n) is 8.71. The minimum atomic E-state index is -1.19. The van der Waals surface area contributed by atoms with Crippen LogP contribution in [0.2, 0.25) is 0 Å². The highest BCUT2D eigenvalue weighted by molar-refractivity contribution is 5.77. The van der Waals surface area contributed by atoms with Crippen molar-refractivity contribution in [3.63, 3.8) is 0 Å². The molecule has 86 valence electrons. The Hall–Kier alpha value is -2.04. The number of hydrogen-bond acceptors (Lipinski definition) is 4. The summed E-state index contributed by atoms with van der Waals surface area (Å²) in [6, 6.07) is 6.05. The van der Waals surface area contributed by atoms with Crippen LogP contribution in [-0.4, -0.2) is 28.3 Å². The van der Waals surface area contributed by atoms with Gasteiger partial charge in [-0.15, -0.1) is 0 Å². The average molecular weight is 224 g/mol. The van der Waals surface area contributed by atoms with Crippen LogP contribution in [-0.2, 0) is 20.7 Å². The maximum absolute atomic E-state index is 10.8. The number of phenolic OH excluding ortho intramolecular Hbond substituents is 1. The summed E-state index contributed by atoms with van der Waals surface area (Å²) in [6.45, 7) is 1.16. The SMILES string of the molecule is CC(=O)O[C@@H](Cc1ccc(O)cc1)C(=O)O. The van der Waals surface area contributed by atoms with E-state index in [1.807, 2.05) is 0 Å². The van der Waals surface area contributed by atoms with Crippen LogP contribution < -0.4 is 0 Å². The van der Waals surface area contributed by atoms with Crippen molar-refractivity contribution in [2.75, 3.05) is 0 Å². The molecule has 0 heterocycles. The quantitative estimate of drug-likeness (QED) is 0.744. The molecule has 0 amide bonds. The molecule has 0 bridgehead atoms. The van der Waals surface area contributed by atoms with E-state index in [9.17, 15) is 9.59 Å². The van der Waals surface area contributed by atoms with Gasteiger partial charge in [0.2, 0.25) is 6.10 Å². The van der Waals surface area contributed by atoms with E-state index >= 15 is 0 Å². The molecule has 2 N–H and O–H groups in total. The summed E-state index contributed by atoms with van der Waals surface area (Å²) in [5.41, 5.74) is 0.673. The van der Waals surface area contributed by atoms with E-state index in [0.717, 1.165) is 6.92 Å². The highest BCUT2D eigenvalue weighted by Crippen LogP contribution is 2.12. The van der Waals surface area contributed by atoms with Crippen molar-refractivity contribution in [1.29, 1.82) is 0 Å². The molecule has 1 aromatic carbocycles.